The molecule has 0 fully saturated rings. The molecule has 0 aliphatic carbocycles. The predicted octanol–water partition coefficient (Wildman–Crippen LogP) is 2.57. The molecule has 8 nitrogen and oxygen atoms in total. The molecule has 2 aromatic heterocycles. The Kier molecular flexibility index (Phi) is 6.69. The summed E-state index contributed by atoms with van der Waals surface area (Å²) in [5, 5.41) is 13.5. The van der Waals surface area contributed by atoms with Crippen molar-refractivity contribution in [2.75, 3.05) is 12.3 Å². The van der Waals surface area contributed by atoms with Crippen molar-refractivity contribution >= 4 is 23.7 Å². The molecule has 3 aromatic rings. The molecule has 0 radical (unpaired) electrons. The van der Waals surface area contributed by atoms with Crippen LogP contribution in [0.25, 0.3) is 17.1 Å². The Morgan fingerprint density at radius 3 is 2.55 bits per heavy atom. The Morgan fingerprint density at radius 1 is 1.14 bits per heavy atom. The molecule has 0 saturated heterocycles. The molecule has 3 rings (SSSR count). The van der Waals surface area contributed by atoms with Crippen LogP contribution in [0.5, 0.6) is 0 Å². The molecule has 0 bridgehead atoms. The zero-order valence-corrected chi connectivity index (χ0v) is 16.0. The second kappa shape index (κ2) is 9.60. The highest BCUT2D eigenvalue weighted by Crippen LogP contribution is 2.27. The van der Waals surface area contributed by atoms with Gasteiger partial charge in [-0.25, -0.2) is 9.18 Å². The van der Waals surface area contributed by atoms with Crippen molar-refractivity contribution in [3.63, 3.8) is 0 Å². The van der Waals surface area contributed by atoms with Gasteiger partial charge in [0.2, 0.25) is 5.91 Å². The zero-order valence-electron chi connectivity index (χ0n) is 15.2. The third kappa shape index (κ3) is 5.26. The number of amides is 3. The van der Waals surface area contributed by atoms with E-state index in [0.29, 0.717) is 16.7 Å². The molecule has 0 spiro atoms. The lowest BCUT2D eigenvalue weighted by atomic mass is 10.2. The normalized spacial score (nSPS) is 10.4. The van der Waals surface area contributed by atoms with Crippen LogP contribution < -0.4 is 10.6 Å². The van der Waals surface area contributed by atoms with Crippen LogP contribution in [0.4, 0.5) is 9.18 Å². The Morgan fingerprint density at radius 2 is 1.86 bits per heavy atom. The van der Waals surface area contributed by atoms with Crippen molar-refractivity contribution < 1.29 is 14.0 Å². The summed E-state index contributed by atoms with van der Waals surface area (Å²) < 4.78 is 15.1. The smallest absolute Gasteiger partial charge is 0.321 e. The quantitative estimate of drug-likeness (QED) is 0.457. The molecule has 1 aromatic carbocycles. The van der Waals surface area contributed by atoms with E-state index in [0.717, 1.165) is 17.3 Å². The van der Waals surface area contributed by atoms with Gasteiger partial charge < -0.3 is 5.32 Å². The highest BCUT2D eigenvalue weighted by Gasteiger charge is 2.18. The van der Waals surface area contributed by atoms with E-state index in [4.69, 9.17) is 0 Å². The maximum atomic E-state index is 13.4. The fraction of sp³-hybridized carbons (Fsp3) is 0.105. The zero-order chi connectivity index (χ0) is 20.6. The Labute approximate surface area is 170 Å². The third-order valence-electron chi connectivity index (χ3n) is 3.65. The summed E-state index contributed by atoms with van der Waals surface area (Å²) in [7, 11) is 0. The van der Waals surface area contributed by atoms with Gasteiger partial charge >= 0.3 is 6.03 Å². The molecule has 148 valence electrons. The lowest BCUT2D eigenvalue weighted by Gasteiger charge is -2.10. The predicted molar refractivity (Wildman–Crippen MR) is 107 cm³/mol. The van der Waals surface area contributed by atoms with E-state index in [-0.39, 0.29) is 18.1 Å². The molecule has 2 heterocycles. The maximum Gasteiger partial charge on any atom is 0.321 e. The number of urea groups is 1. The second-order valence-electron chi connectivity index (χ2n) is 5.69. The van der Waals surface area contributed by atoms with Gasteiger partial charge in [-0.3, -0.25) is 19.7 Å². The van der Waals surface area contributed by atoms with Crippen molar-refractivity contribution in [3.05, 3.63) is 67.3 Å². The highest BCUT2D eigenvalue weighted by atomic mass is 32.2. The topological polar surface area (TPSA) is 102 Å². The maximum absolute atomic E-state index is 13.4. The SMILES string of the molecule is C=CCNC(=O)NC(=O)CSc1nnc(-c2ccncc2)n1-c1ccc(F)cc1. The van der Waals surface area contributed by atoms with Gasteiger partial charge in [0.1, 0.15) is 5.82 Å². The second-order valence-corrected chi connectivity index (χ2v) is 6.63. The van der Waals surface area contributed by atoms with E-state index in [1.54, 1.807) is 41.2 Å². The van der Waals surface area contributed by atoms with E-state index >= 15 is 0 Å². The third-order valence-corrected chi connectivity index (χ3v) is 4.58. The molecule has 0 atom stereocenters. The number of hydrogen-bond donors (Lipinski definition) is 2. The summed E-state index contributed by atoms with van der Waals surface area (Å²) >= 11 is 1.10. The van der Waals surface area contributed by atoms with Crippen LogP contribution in [0.15, 0.2) is 66.6 Å². The lowest BCUT2D eigenvalue weighted by molar-refractivity contribution is -0.117. The number of imide groups is 1. The van der Waals surface area contributed by atoms with Crippen molar-refractivity contribution in [1.29, 1.82) is 0 Å². The minimum Gasteiger partial charge on any atom is -0.334 e. The largest absolute Gasteiger partial charge is 0.334 e. The molecule has 3 amide bonds. The fourth-order valence-corrected chi connectivity index (χ4v) is 3.13. The summed E-state index contributed by atoms with van der Waals surface area (Å²) in [6.45, 7) is 3.73. The molecule has 0 unspecified atom stereocenters. The standard InChI is InChI=1S/C19H17FN6O2S/c1-2-9-22-18(28)23-16(27)12-29-19-25-24-17(13-7-10-21-11-8-13)26(19)15-5-3-14(20)4-6-15/h2-8,10-11H,1,9,12H2,(H2,22,23,27,28). The fourth-order valence-electron chi connectivity index (χ4n) is 2.38. The molecule has 0 aliphatic rings. The van der Waals surface area contributed by atoms with Crippen LogP contribution in [0, 0.1) is 5.82 Å². The van der Waals surface area contributed by atoms with Crippen LogP contribution in [-0.2, 0) is 4.79 Å². The van der Waals surface area contributed by atoms with Gasteiger partial charge in [-0.1, -0.05) is 17.8 Å². The van der Waals surface area contributed by atoms with Crippen molar-refractivity contribution in [3.8, 4) is 17.1 Å². The summed E-state index contributed by atoms with van der Waals surface area (Å²) in [4.78, 5) is 27.6. The summed E-state index contributed by atoms with van der Waals surface area (Å²) in [6.07, 6.45) is 4.76. The molecule has 29 heavy (non-hydrogen) atoms. The number of thioether (sulfide) groups is 1. The van der Waals surface area contributed by atoms with Gasteiger partial charge in [0, 0.05) is 30.2 Å². The Balaban J connectivity index is 1.82. The van der Waals surface area contributed by atoms with Gasteiger partial charge in [-0.05, 0) is 36.4 Å². The number of benzene rings is 1. The number of nitrogens with one attached hydrogen (secondary N) is 2. The van der Waals surface area contributed by atoms with Crippen LogP contribution in [0.2, 0.25) is 0 Å². The summed E-state index contributed by atoms with van der Waals surface area (Å²) in [5.41, 5.74) is 1.40. The minimum absolute atomic E-state index is 0.0584. The average Bonchev–Trinajstić information content (AvgIpc) is 3.16. The average molecular weight is 412 g/mol. The van der Waals surface area contributed by atoms with Crippen LogP contribution >= 0.6 is 11.8 Å². The molecule has 0 aliphatic heterocycles. The number of rotatable bonds is 7. The van der Waals surface area contributed by atoms with Crippen molar-refractivity contribution in [2.24, 2.45) is 0 Å². The van der Waals surface area contributed by atoms with Crippen LogP contribution in [0.3, 0.4) is 0 Å². The Hall–Kier alpha value is -3.53. The first-order valence-corrected chi connectivity index (χ1v) is 9.50. The molecule has 2 N–H and O–H groups in total. The molecule has 10 heteroatoms. The van der Waals surface area contributed by atoms with Gasteiger partial charge in [0.15, 0.2) is 11.0 Å². The number of aromatic nitrogens is 4. The molecule has 0 saturated carbocycles. The number of pyridine rings is 1. The van der Waals surface area contributed by atoms with Crippen LogP contribution in [-0.4, -0.2) is 44.0 Å². The lowest BCUT2D eigenvalue weighted by Crippen LogP contribution is -2.40. The summed E-state index contributed by atoms with van der Waals surface area (Å²) in [6, 6.07) is 8.79. The number of carbonyl (C=O) groups is 2. The number of nitrogens with zero attached hydrogens (tertiary/aromatic N) is 4. The van der Waals surface area contributed by atoms with E-state index in [9.17, 15) is 14.0 Å². The monoisotopic (exact) mass is 412 g/mol. The number of carbonyl (C=O) groups excluding carboxylic acids is 2. The van der Waals surface area contributed by atoms with Crippen LogP contribution in [0.1, 0.15) is 0 Å². The minimum atomic E-state index is -0.604. The van der Waals surface area contributed by atoms with Gasteiger partial charge in [0.25, 0.3) is 0 Å². The molecular formula is C19H17FN6O2S. The van der Waals surface area contributed by atoms with E-state index < -0.39 is 11.9 Å². The van der Waals surface area contributed by atoms with Crippen molar-refractivity contribution in [2.45, 2.75) is 5.16 Å². The highest BCUT2D eigenvalue weighted by molar-refractivity contribution is 7.99. The van der Waals surface area contributed by atoms with Gasteiger partial charge in [-0.2, -0.15) is 0 Å². The number of hydrogen-bond acceptors (Lipinski definition) is 6. The van der Waals surface area contributed by atoms with E-state index in [1.165, 1.54) is 18.2 Å². The van der Waals surface area contributed by atoms with Gasteiger partial charge in [0.05, 0.1) is 5.75 Å². The summed E-state index contributed by atoms with van der Waals surface area (Å²) in [5.74, 6) is -0.398. The Bertz CT molecular complexity index is 1010. The van der Waals surface area contributed by atoms with Crippen molar-refractivity contribution in [1.82, 2.24) is 30.4 Å². The van der Waals surface area contributed by atoms with E-state index in [1.807, 2.05) is 0 Å². The first kappa shape index (κ1) is 20.2. The van der Waals surface area contributed by atoms with Gasteiger partial charge in [-0.15, -0.1) is 16.8 Å². The molecular weight excluding hydrogens is 395 g/mol. The van der Waals surface area contributed by atoms with E-state index in [2.05, 4.69) is 32.4 Å². The first-order valence-electron chi connectivity index (χ1n) is 8.51. The number of halogens is 1. The first-order chi connectivity index (χ1) is 14.1.